The van der Waals surface area contributed by atoms with Crippen LogP contribution < -0.4 is 21.7 Å². The molecule has 0 heterocycles. The van der Waals surface area contributed by atoms with Crippen molar-refractivity contribution in [1.29, 1.82) is 0 Å². The van der Waals surface area contributed by atoms with Crippen LogP contribution in [0.3, 0.4) is 0 Å². The number of aliphatic hydroxyl groups is 1. The van der Waals surface area contributed by atoms with E-state index in [1.165, 1.54) is 0 Å². The summed E-state index contributed by atoms with van der Waals surface area (Å²) in [6.07, 6.45) is -0.655. The van der Waals surface area contributed by atoms with Crippen molar-refractivity contribution in [2.45, 2.75) is 57.3 Å². The van der Waals surface area contributed by atoms with Crippen molar-refractivity contribution in [2.24, 2.45) is 11.7 Å². The molecule has 12 heteroatoms. The van der Waals surface area contributed by atoms with Crippen molar-refractivity contribution >= 4 is 29.7 Å². The van der Waals surface area contributed by atoms with Gasteiger partial charge in [0, 0.05) is 6.42 Å². The lowest BCUT2D eigenvalue weighted by atomic mass is 10.0. The zero-order valence-corrected chi connectivity index (χ0v) is 19.1. The number of rotatable bonds is 14. The van der Waals surface area contributed by atoms with E-state index in [0.717, 1.165) is 0 Å². The molecule has 0 saturated carbocycles. The molecule has 8 N–H and O–H groups in total. The Morgan fingerprint density at radius 3 is 1.88 bits per heavy atom. The Labute approximate surface area is 196 Å². The Hall–Kier alpha value is -3.51. The number of nitrogens with two attached hydrogens (primary N) is 1. The first-order valence-corrected chi connectivity index (χ1v) is 10.7. The Morgan fingerprint density at radius 2 is 1.38 bits per heavy atom. The van der Waals surface area contributed by atoms with Crippen LogP contribution in [0.5, 0.6) is 0 Å². The average Bonchev–Trinajstić information content (AvgIpc) is 2.76. The minimum atomic E-state index is -1.57. The lowest BCUT2D eigenvalue weighted by molar-refractivity contribution is -0.143. The third-order valence-electron chi connectivity index (χ3n) is 4.78. The zero-order valence-electron chi connectivity index (χ0n) is 19.1. The third kappa shape index (κ3) is 9.96. The van der Waals surface area contributed by atoms with E-state index in [4.69, 9.17) is 15.9 Å². The number of hydrogen-bond donors (Lipinski definition) is 7. The number of carboxylic acids is 2. The second kappa shape index (κ2) is 13.9. The number of carboxylic acid groups (broad SMARTS) is 2. The van der Waals surface area contributed by atoms with Crippen molar-refractivity contribution in [2.75, 3.05) is 6.61 Å². The van der Waals surface area contributed by atoms with Crippen LogP contribution in [0.2, 0.25) is 0 Å². The molecule has 0 aliphatic heterocycles. The maximum absolute atomic E-state index is 12.9. The molecule has 0 aliphatic carbocycles. The highest BCUT2D eigenvalue weighted by molar-refractivity contribution is 5.95. The van der Waals surface area contributed by atoms with Crippen molar-refractivity contribution in [3.8, 4) is 0 Å². The van der Waals surface area contributed by atoms with Gasteiger partial charge in [0.1, 0.15) is 24.2 Å². The highest BCUT2D eigenvalue weighted by Crippen LogP contribution is 2.09. The maximum Gasteiger partial charge on any atom is 0.326 e. The van der Waals surface area contributed by atoms with E-state index in [-0.39, 0.29) is 18.8 Å². The number of hydrogen-bond acceptors (Lipinski definition) is 7. The van der Waals surface area contributed by atoms with Gasteiger partial charge in [-0.3, -0.25) is 19.2 Å². The molecule has 188 valence electrons. The third-order valence-corrected chi connectivity index (χ3v) is 4.78. The van der Waals surface area contributed by atoms with Crippen molar-refractivity contribution in [3.63, 3.8) is 0 Å². The maximum atomic E-state index is 12.9. The van der Waals surface area contributed by atoms with Gasteiger partial charge in [-0.1, -0.05) is 44.2 Å². The van der Waals surface area contributed by atoms with Crippen LogP contribution in [0, 0.1) is 5.92 Å². The fraction of sp³-hybridized carbons (Fsp3) is 0.500. The van der Waals surface area contributed by atoms with E-state index >= 15 is 0 Å². The van der Waals surface area contributed by atoms with Gasteiger partial charge in [0.25, 0.3) is 0 Å². The van der Waals surface area contributed by atoms with Gasteiger partial charge >= 0.3 is 11.9 Å². The molecular weight excluding hydrogens is 448 g/mol. The molecule has 0 fully saturated rings. The summed E-state index contributed by atoms with van der Waals surface area (Å²) in [5.41, 5.74) is 6.08. The Bertz CT molecular complexity index is 862. The fourth-order valence-electron chi connectivity index (χ4n) is 3.04. The average molecular weight is 481 g/mol. The minimum Gasteiger partial charge on any atom is -0.481 e. The summed E-state index contributed by atoms with van der Waals surface area (Å²) in [5.74, 6) is -5.42. The lowest BCUT2D eigenvalue weighted by Gasteiger charge is -2.25. The molecule has 4 atom stereocenters. The Morgan fingerprint density at radius 1 is 0.853 bits per heavy atom. The zero-order chi connectivity index (χ0) is 25.8. The summed E-state index contributed by atoms with van der Waals surface area (Å²) in [6.45, 7) is 2.84. The van der Waals surface area contributed by atoms with Crippen LogP contribution in [-0.2, 0) is 30.4 Å². The topological polar surface area (TPSA) is 208 Å². The fourth-order valence-corrected chi connectivity index (χ4v) is 3.04. The smallest absolute Gasteiger partial charge is 0.326 e. The predicted octanol–water partition coefficient (Wildman–Crippen LogP) is -1.39. The van der Waals surface area contributed by atoms with Crippen molar-refractivity contribution in [3.05, 3.63) is 35.9 Å². The largest absolute Gasteiger partial charge is 0.481 e. The highest BCUT2D eigenvalue weighted by Gasteiger charge is 2.31. The molecule has 34 heavy (non-hydrogen) atoms. The van der Waals surface area contributed by atoms with E-state index in [0.29, 0.717) is 5.56 Å². The van der Waals surface area contributed by atoms with Crippen LogP contribution in [-0.4, -0.2) is 75.8 Å². The summed E-state index contributed by atoms with van der Waals surface area (Å²) in [4.78, 5) is 60.5. The Kier molecular flexibility index (Phi) is 11.7. The van der Waals surface area contributed by atoms with Gasteiger partial charge < -0.3 is 37.0 Å². The standard InChI is InChI=1S/C22H32N4O8/c1-12(2)8-15(20(31)26-17(22(33)34)9-13-6-4-3-5-7-13)25-21(32)16(10-18(28)29)24-19(30)14(23)11-27/h3-7,12,14-17,27H,8-11,23H2,1-2H3,(H,24,30)(H,25,32)(H,26,31)(H,28,29)(H,33,34). The second-order valence-corrected chi connectivity index (χ2v) is 8.23. The molecule has 3 amide bonds. The number of carbonyl (C=O) groups is 5. The first-order valence-electron chi connectivity index (χ1n) is 10.7. The molecule has 1 rings (SSSR count). The van der Waals surface area contributed by atoms with Crippen LogP contribution in [0.1, 0.15) is 32.3 Å². The number of aliphatic hydroxyl groups excluding tert-OH is 1. The van der Waals surface area contributed by atoms with Crippen molar-refractivity contribution < 1.29 is 39.3 Å². The van der Waals surface area contributed by atoms with Crippen LogP contribution in [0.25, 0.3) is 0 Å². The number of aliphatic carboxylic acids is 2. The lowest BCUT2D eigenvalue weighted by Crippen LogP contribution is -2.58. The molecule has 0 aromatic heterocycles. The van der Waals surface area contributed by atoms with E-state index in [2.05, 4.69) is 16.0 Å². The SMILES string of the molecule is CC(C)CC(NC(=O)C(CC(=O)O)NC(=O)C(N)CO)C(=O)NC(Cc1ccccc1)C(=O)O. The van der Waals surface area contributed by atoms with E-state index < -0.39 is 66.9 Å². The summed E-state index contributed by atoms with van der Waals surface area (Å²) < 4.78 is 0. The molecular formula is C22H32N4O8. The second-order valence-electron chi connectivity index (χ2n) is 8.23. The number of carbonyl (C=O) groups excluding carboxylic acids is 3. The van der Waals surface area contributed by atoms with Crippen LogP contribution >= 0.6 is 0 Å². The predicted molar refractivity (Wildman–Crippen MR) is 120 cm³/mol. The summed E-state index contributed by atoms with van der Waals surface area (Å²) >= 11 is 0. The van der Waals surface area contributed by atoms with E-state index in [9.17, 15) is 29.1 Å². The molecule has 0 spiro atoms. The first kappa shape index (κ1) is 28.5. The summed E-state index contributed by atoms with van der Waals surface area (Å²) in [6, 6.07) is 3.28. The molecule has 0 radical (unpaired) electrons. The van der Waals surface area contributed by atoms with Gasteiger partial charge in [-0.05, 0) is 17.9 Å². The first-order chi connectivity index (χ1) is 15.9. The minimum absolute atomic E-state index is 0.0149. The summed E-state index contributed by atoms with van der Waals surface area (Å²) in [5, 5.41) is 34.6. The molecule has 1 aromatic rings. The highest BCUT2D eigenvalue weighted by atomic mass is 16.4. The van der Waals surface area contributed by atoms with E-state index in [1.807, 2.05) is 0 Å². The van der Waals surface area contributed by atoms with Gasteiger partial charge in [-0.25, -0.2) is 4.79 Å². The molecule has 0 bridgehead atoms. The monoisotopic (exact) mass is 480 g/mol. The van der Waals surface area contributed by atoms with Gasteiger partial charge in [0.2, 0.25) is 17.7 Å². The normalized spacial score (nSPS) is 14.4. The quantitative estimate of drug-likeness (QED) is 0.167. The van der Waals surface area contributed by atoms with Gasteiger partial charge in [0.05, 0.1) is 13.0 Å². The van der Waals surface area contributed by atoms with E-state index in [1.54, 1.807) is 44.2 Å². The molecule has 0 aliphatic rings. The van der Waals surface area contributed by atoms with Crippen LogP contribution in [0.4, 0.5) is 0 Å². The van der Waals surface area contributed by atoms with Gasteiger partial charge in [-0.2, -0.15) is 0 Å². The molecule has 1 aromatic carbocycles. The Balaban J connectivity index is 3.00. The molecule has 0 saturated heterocycles. The molecule has 4 unspecified atom stereocenters. The number of benzene rings is 1. The molecule has 12 nitrogen and oxygen atoms in total. The van der Waals surface area contributed by atoms with Gasteiger partial charge in [0.15, 0.2) is 0 Å². The van der Waals surface area contributed by atoms with Crippen molar-refractivity contribution in [1.82, 2.24) is 16.0 Å². The number of nitrogens with one attached hydrogen (secondary N) is 3. The van der Waals surface area contributed by atoms with Crippen LogP contribution in [0.15, 0.2) is 30.3 Å². The summed E-state index contributed by atoms with van der Waals surface area (Å²) in [7, 11) is 0. The van der Waals surface area contributed by atoms with Gasteiger partial charge in [-0.15, -0.1) is 0 Å². The number of amides is 3.